The van der Waals surface area contributed by atoms with Crippen LogP contribution in [0.1, 0.15) is 61.6 Å². The summed E-state index contributed by atoms with van der Waals surface area (Å²) in [5.74, 6) is 0.0542. The van der Waals surface area contributed by atoms with Crippen molar-refractivity contribution in [3.8, 4) is 0 Å². The molecule has 35 heavy (non-hydrogen) atoms. The maximum absolute atomic E-state index is 12.3. The zero-order valence-corrected chi connectivity index (χ0v) is 27.0. The molecule has 2 aliphatic rings. The first kappa shape index (κ1) is 28.7. The predicted molar refractivity (Wildman–Crippen MR) is 138 cm³/mol. The molecule has 9 nitrogen and oxygen atoms in total. The smallest absolute Gasteiger partial charge is 0.280 e. The third-order valence-corrected chi connectivity index (χ3v) is 21.7. The minimum absolute atomic E-state index is 0. The predicted octanol–water partition coefficient (Wildman–Crippen LogP) is 4.29. The van der Waals surface area contributed by atoms with Crippen molar-refractivity contribution in [3.05, 3.63) is 23.1 Å². The van der Waals surface area contributed by atoms with Crippen LogP contribution in [0, 0.1) is 6.42 Å². The maximum atomic E-state index is 12.3. The molecule has 4 heterocycles. The van der Waals surface area contributed by atoms with Crippen LogP contribution in [0.5, 0.6) is 0 Å². The first-order valence-corrected chi connectivity index (χ1v) is 17.0. The first-order chi connectivity index (χ1) is 15.9. The van der Waals surface area contributed by atoms with Crippen molar-refractivity contribution >= 4 is 33.7 Å². The number of nitrogens with one attached hydrogen (secondary N) is 1. The third kappa shape index (κ3) is 4.89. The summed E-state index contributed by atoms with van der Waals surface area (Å²) >= 11 is 0. The number of H-pyrrole nitrogens is 1. The summed E-state index contributed by atoms with van der Waals surface area (Å²) in [6, 6.07) is 0. The molecule has 0 aliphatic carbocycles. The van der Waals surface area contributed by atoms with Crippen LogP contribution in [0.3, 0.4) is 0 Å². The van der Waals surface area contributed by atoms with Gasteiger partial charge in [0.1, 0.15) is 0 Å². The Bertz CT molecular complexity index is 1070. The van der Waals surface area contributed by atoms with E-state index in [0.29, 0.717) is 34.4 Å². The molecule has 1 unspecified atom stereocenters. The van der Waals surface area contributed by atoms with Gasteiger partial charge in [-0.2, -0.15) is 4.98 Å². The summed E-state index contributed by atoms with van der Waals surface area (Å²) in [5, 5.41) is 0. The van der Waals surface area contributed by atoms with Crippen LogP contribution >= 0.6 is 0 Å². The topological polar surface area (TPSA) is 117 Å². The summed E-state index contributed by atoms with van der Waals surface area (Å²) < 4.78 is 22.5. The molecule has 12 heteroatoms. The summed E-state index contributed by atoms with van der Waals surface area (Å²) in [5.41, 5.74) is 9.04. The number of nitrogens with two attached hydrogens (primary N) is 1. The van der Waals surface area contributed by atoms with Gasteiger partial charge >= 0.3 is 0 Å². The molecule has 0 bridgehead atoms. The minimum atomic E-state index is -2.24. The van der Waals surface area contributed by atoms with Gasteiger partial charge in [-0.1, -0.05) is 55.4 Å². The second-order valence-electron chi connectivity index (χ2n) is 11.1. The summed E-state index contributed by atoms with van der Waals surface area (Å²) in [6.45, 7) is 19.1. The average molecular weight is 691 g/mol. The van der Waals surface area contributed by atoms with Crippen LogP contribution in [0.2, 0.25) is 27.8 Å². The molecule has 2 fully saturated rings. The van der Waals surface area contributed by atoms with E-state index in [4.69, 9.17) is 19.3 Å². The second-order valence-corrected chi connectivity index (χ2v) is 21.5. The van der Waals surface area contributed by atoms with E-state index in [-0.39, 0.29) is 50.3 Å². The molecule has 0 saturated carbocycles. The number of nitrogen functional groups attached to an aromatic ring is 1. The minimum Gasteiger partial charge on any atom is -0.441 e. The Morgan fingerprint density at radius 2 is 1.69 bits per heavy atom. The van der Waals surface area contributed by atoms with Crippen molar-refractivity contribution in [3.63, 3.8) is 0 Å². The summed E-state index contributed by atoms with van der Waals surface area (Å²) in [7, 11) is -4.38. The normalized spacial score (nSPS) is 26.2. The fourth-order valence-electron chi connectivity index (χ4n) is 5.90. The maximum Gasteiger partial charge on any atom is 0.280 e. The van der Waals surface area contributed by atoms with Crippen LogP contribution in [0.25, 0.3) is 11.2 Å². The van der Waals surface area contributed by atoms with Crippen molar-refractivity contribution in [2.24, 2.45) is 0 Å². The Labute approximate surface area is 224 Å². The third-order valence-electron chi connectivity index (χ3n) is 8.09. The van der Waals surface area contributed by atoms with Crippen molar-refractivity contribution in [1.29, 1.82) is 0 Å². The molecule has 0 spiro atoms. The largest absolute Gasteiger partial charge is 0.441 e. The zero-order valence-electron chi connectivity index (χ0n) is 22.1. The standard InChI is InChI=1S/C23H40N5O4Si2.W/c1-13(2)33(14(3)4)12-34(15(5)6,16(7)8)32-17-9-19(31-18(17)10-30-33)28-11-25-20-21(28)26-23(24)27-22(20)29;/h9,11,13-19H,10,12H2,1-8H3,(H3,24,26,27,29);/q-1;/t17?,18-,19-;/m1./s1. The van der Waals surface area contributed by atoms with Gasteiger partial charge in [0.2, 0.25) is 5.95 Å². The number of fused-ring (bicyclic) bond motifs is 2. The SMILES string of the molecule is CC(C)[Si]1(C(C)C)C[Si](C(C)C)(C(C)C)OC2[CH-][C@H](n3cnc4c(=O)[nH]c(N)nc43)O[C@@H]2CO1.[W]. The molecule has 2 aromatic heterocycles. The van der Waals surface area contributed by atoms with E-state index in [1.807, 2.05) is 0 Å². The van der Waals surface area contributed by atoms with Gasteiger partial charge < -0.3 is 23.9 Å². The number of ether oxygens (including phenoxy) is 1. The van der Waals surface area contributed by atoms with Crippen molar-refractivity contribution in [1.82, 2.24) is 19.5 Å². The quantitative estimate of drug-likeness (QED) is 0.356. The fraction of sp³-hybridized carbons (Fsp3) is 0.739. The molecule has 2 aliphatic heterocycles. The monoisotopic (exact) mass is 690 g/mol. The number of imidazole rings is 1. The molecule has 3 N–H and O–H groups in total. The number of hydrogen-bond donors (Lipinski definition) is 2. The molecular weight excluding hydrogens is 650 g/mol. The summed E-state index contributed by atoms with van der Waals surface area (Å²) in [6.07, 6.45) is 2.79. The van der Waals surface area contributed by atoms with Crippen LogP contribution in [0.15, 0.2) is 11.1 Å². The van der Waals surface area contributed by atoms with Crippen molar-refractivity contribution in [2.75, 3.05) is 12.3 Å². The molecule has 2 saturated heterocycles. The number of hydrogen-bond acceptors (Lipinski definition) is 7. The Morgan fingerprint density at radius 1 is 1.09 bits per heavy atom. The first-order valence-electron chi connectivity index (χ1n) is 12.5. The van der Waals surface area contributed by atoms with Gasteiger partial charge in [-0.3, -0.25) is 16.2 Å². The molecule has 4 rings (SSSR count). The van der Waals surface area contributed by atoms with Crippen LogP contribution in [-0.4, -0.2) is 55.0 Å². The van der Waals surface area contributed by atoms with E-state index in [0.717, 1.165) is 5.67 Å². The van der Waals surface area contributed by atoms with Crippen LogP contribution in [0.4, 0.5) is 5.95 Å². The Morgan fingerprint density at radius 3 is 2.26 bits per heavy atom. The second kappa shape index (κ2) is 10.5. The van der Waals surface area contributed by atoms with Crippen LogP contribution < -0.4 is 11.3 Å². The number of aromatic amines is 1. The summed E-state index contributed by atoms with van der Waals surface area (Å²) in [4.78, 5) is 23.3. The number of nitrogens with zero attached hydrogens (tertiary/aromatic N) is 3. The van der Waals surface area contributed by atoms with E-state index in [9.17, 15) is 4.79 Å². The average Bonchev–Trinajstić information content (AvgIpc) is 3.31. The van der Waals surface area contributed by atoms with Gasteiger partial charge in [-0.05, 0) is 33.9 Å². The molecule has 0 amide bonds. The van der Waals surface area contributed by atoms with Gasteiger partial charge in [0.15, 0.2) is 27.8 Å². The Hall–Kier alpha value is -0.848. The number of aromatic nitrogens is 4. The van der Waals surface area contributed by atoms with E-state index in [1.54, 1.807) is 10.9 Å². The zero-order chi connectivity index (χ0) is 25.0. The van der Waals surface area contributed by atoms with E-state index < -0.39 is 22.9 Å². The molecule has 3 atom stereocenters. The van der Waals surface area contributed by atoms with Gasteiger partial charge in [0, 0.05) is 27.3 Å². The van der Waals surface area contributed by atoms with E-state index >= 15 is 0 Å². The fourth-order valence-corrected chi connectivity index (χ4v) is 21.7. The van der Waals surface area contributed by atoms with Gasteiger partial charge in [-0.25, -0.2) is 4.98 Å². The van der Waals surface area contributed by atoms with Crippen molar-refractivity contribution < 1.29 is 34.7 Å². The number of anilines is 1. The van der Waals surface area contributed by atoms with E-state index in [1.165, 1.54) is 0 Å². The van der Waals surface area contributed by atoms with Gasteiger partial charge in [-0.15, -0.1) is 0 Å². The van der Waals surface area contributed by atoms with Crippen LogP contribution in [-0.2, 0) is 34.7 Å². The molecule has 196 valence electrons. The molecule has 0 radical (unpaired) electrons. The molecular formula is C23H40N5O4Si2W-. The molecule has 0 aromatic carbocycles. The Balaban J connectivity index is 0.00000342. The van der Waals surface area contributed by atoms with Crippen molar-refractivity contribution in [2.45, 2.75) is 102 Å². The van der Waals surface area contributed by atoms with E-state index in [2.05, 4.69) is 76.8 Å². The number of rotatable bonds is 5. The van der Waals surface area contributed by atoms with Gasteiger partial charge in [0.25, 0.3) is 5.56 Å². The Kier molecular flexibility index (Phi) is 8.61. The molecule has 2 aromatic rings. The van der Waals surface area contributed by atoms with Gasteiger partial charge in [0.05, 0.1) is 19.0 Å².